The fourth-order valence-corrected chi connectivity index (χ4v) is 2.87. The molecule has 1 amide bonds. The van der Waals surface area contributed by atoms with Crippen LogP contribution in [-0.2, 0) is 9.53 Å². The molecular formula is C18H16FNO5. The van der Waals surface area contributed by atoms with Gasteiger partial charge in [0.05, 0.1) is 24.5 Å². The highest BCUT2D eigenvalue weighted by Gasteiger charge is 2.45. The first-order valence-electron chi connectivity index (χ1n) is 7.62. The number of ketones is 1. The summed E-state index contributed by atoms with van der Waals surface area (Å²) < 4.78 is 24.4. The number of nitrogens with zero attached hydrogens (tertiary/aromatic N) is 1. The molecule has 0 radical (unpaired) electrons. The summed E-state index contributed by atoms with van der Waals surface area (Å²) in [6, 6.07) is 7.70. The van der Waals surface area contributed by atoms with Crippen LogP contribution in [0.5, 0.6) is 0 Å². The van der Waals surface area contributed by atoms with Gasteiger partial charge in [-0.05, 0) is 18.2 Å². The third-order valence-corrected chi connectivity index (χ3v) is 4.03. The molecule has 0 fully saturated rings. The molecule has 1 aliphatic heterocycles. The Bertz CT molecular complexity index is 828. The third kappa shape index (κ3) is 2.94. The molecule has 0 bridgehead atoms. The van der Waals surface area contributed by atoms with Gasteiger partial charge in [-0.25, -0.2) is 4.39 Å². The largest absolute Gasteiger partial charge is 0.503 e. The predicted octanol–water partition coefficient (Wildman–Crippen LogP) is 2.64. The molecule has 7 heteroatoms. The van der Waals surface area contributed by atoms with Crippen LogP contribution < -0.4 is 0 Å². The van der Waals surface area contributed by atoms with Crippen LogP contribution in [0.4, 0.5) is 4.39 Å². The molecule has 1 aliphatic rings. The number of carbonyl (C=O) groups is 2. The highest BCUT2D eigenvalue weighted by Crippen LogP contribution is 2.39. The van der Waals surface area contributed by atoms with Crippen molar-refractivity contribution >= 4 is 11.7 Å². The van der Waals surface area contributed by atoms with Crippen molar-refractivity contribution in [3.05, 3.63) is 71.1 Å². The van der Waals surface area contributed by atoms with Gasteiger partial charge in [-0.1, -0.05) is 18.2 Å². The summed E-state index contributed by atoms with van der Waals surface area (Å²) >= 11 is 0. The number of methoxy groups -OCH3 is 1. The van der Waals surface area contributed by atoms with E-state index in [9.17, 15) is 19.1 Å². The zero-order valence-electron chi connectivity index (χ0n) is 13.4. The Morgan fingerprint density at radius 1 is 1.32 bits per heavy atom. The van der Waals surface area contributed by atoms with E-state index in [1.165, 1.54) is 48.6 Å². The van der Waals surface area contributed by atoms with Crippen molar-refractivity contribution in [2.24, 2.45) is 0 Å². The number of hydrogen-bond donors (Lipinski definition) is 1. The summed E-state index contributed by atoms with van der Waals surface area (Å²) in [6.07, 6.45) is 1.31. The number of aliphatic hydroxyl groups excluding tert-OH is 1. The zero-order valence-corrected chi connectivity index (χ0v) is 13.4. The molecule has 2 aromatic rings. The minimum atomic E-state index is -1.05. The molecular weight excluding hydrogens is 329 g/mol. The second-order valence-corrected chi connectivity index (χ2v) is 5.48. The van der Waals surface area contributed by atoms with Crippen molar-refractivity contribution in [2.75, 3.05) is 20.3 Å². The first-order chi connectivity index (χ1) is 12.1. The average molecular weight is 345 g/mol. The van der Waals surface area contributed by atoms with Crippen molar-refractivity contribution < 1.29 is 28.2 Å². The monoisotopic (exact) mass is 345 g/mol. The van der Waals surface area contributed by atoms with E-state index in [2.05, 4.69) is 0 Å². The van der Waals surface area contributed by atoms with Crippen molar-refractivity contribution in [3.8, 4) is 0 Å². The maximum absolute atomic E-state index is 14.4. The fraction of sp³-hybridized carbons (Fsp3) is 0.222. The van der Waals surface area contributed by atoms with Gasteiger partial charge in [0.2, 0.25) is 5.78 Å². The summed E-state index contributed by atoms with van der Waals surface area (Å²) in [4.78, 5) is 26.4. The van der Waals surface area contributed by atoms with Crippen LogP contribution in [0.15, 0.2) is 58.4 Å². The van der Waals surface area contributed by atoms with E-state index >= 15 is 0 Å². The lowest BCUT2D eigenvalue weighted by atomic mass is 9.94. The Balaban J connectivity index is 2.10. The normalized spacial score (nSPS) is 17.4. The number of furan rings is 1. The van der Waals surface area contributed by atoms with Crippen LogP contribution in [0.25, 0.3) is 0 Å². The third-order valence-electron chi connectivity index (χ3n) is 4.03. The number of rotatable bonds is 6. The van der Waals surface area contributed by atoms with Crippen LogP contribution in [0.2, 0.25) is 0 Å². The number of amides is 1. The molecule has 130 valence electrons. The van der Waals surface area contributed by atoms with Gasteiger partial charge in [-0.2, -0.15) is 0 Å². The smallest absolute Gasteiger partial charge is 0.290 e. The van der Waals surface area contributed by atoms with Gasteiger partial charge in [-0.15, -0.1) is 0 Å². The number of aliphatic hydroxyl groups is 1. The van der Waals surface area contributed by atoms with Crippen LogP contribution >= 0.6 is 0 Å². The van der Waals surface area contributed by atoms with Crippen LogP contribution in [0.3, 0.4) is 0 Å². The lowest BCUT2D eigenvalue weighted by Crippen LogP contribution is -2.34. The zero-order chi connectivity index (χ0) is 18.0. The number of halogens is 1. The van der Waals surface area contributed by atoms with E-state index in [0.29, 0.717) is 0 Å². The second kappa shape index (κ2) is 6.90. The van der Waals surface area contributed by atoms with E-state index in [1.54, 1.807) is 6.07 Å². The molecule has 1 aromatic heterocycles. The molecule has 2 heterocycles. The Morgan fingerprint density at radius 2 is 2.08 bits per heavy atom. The van der Waals surface area contributed by atoms with Gasteiger partial charge in [0.15, 0.2) is 11.5 Å². The van der Waals surface area contributed by atoms with Gasteiger partial charge in [0, 0.05) is 19.2 Å². The van der Waals surface area contributed by atoms with Gasteiger partial charge in [-0.3, -0.25) is 9.59 Å². The summed E-state index contributed by atoms with van der Waals surface area (Å²) in [7, 11) is 1.46. The van der Waals surface area contributed by atoms with Crippen molar-refractivity contribution in [1.82, 2.24) is 4.90 Å². The van der Waals surface area contributed by atoms with Gasteiger partial charge < -0.3 is 19.2 Å². The van der Waals surface area contributed by atoms with E-state index in [1.807, 2.05) is 0 Å². The highest BCUT2D eigenvalue weighted by atomic mass is 19.1. The van der Waals surface area contributed by atoms with Gasteiger partial charge in [0.1, 0.15) is 5.82 Å². The van der Waals surface area contributed by atoms with E-state index in [0.717, 1.165) is 0 Å². The number of hydrogen-bond acceptors (Lipinski definition) is 5. The minimum absolute atomic E-state index is 0.0377. The van der Waals surface area contributed by atoms with E-state index in [4.69, 9.17) is 9.15 Å². The standard InChI is InChI=1S/C18H16FNO5/c1-24-10-8-20-15(11-5-2-3-6-12(11)19)14(17(22)18(20)23)16(21)13-7-4-9-25-13/h2-7,9,15,22H,8,10H2,1H3. The quantitative estimate of drug-likeness (QED) is 0.814. The Labute approximate surface area is 143 Å². The molecule has 25 heavy (non-hydrogen) atoms. The SMILES string of the molecule is COCCN1C(=O)C(O)=C(C(=O)c2ccco2)C1c1ccccc1F. The lowest BCUT2D eigenvalue weighted by Gasteiger charge is -2.26. The summed E-state index contributed by atoms with van der Waals surface area (Å²) in [5.41, 5.74) is -0.0907. The summed E-state index contributed by atoms with van der Waals surface area (Å²) in [5, 5.41) is 10.3. The maximum Gasteiger partial charge on any atom is 0.290 e. The maximum atomic E-state index is 14.4. The molecule has 0 saturated carbocycles. The summed E-state index contributed by atoms with van der Waals surface area (Å²) in [6.45, 7) is 0.263. The molecule has 1 unspecified atom stereocenters. The number of Topliss-reactive ketones (excluding diaryl/α,β-unsaturated/α-hetero) is 1. The van der Waals surface area contributed by atoms with Crippen molar-refractivity contribution in [2.45, 2.75) is 6.04 Å². The van der Waals surface area contributed by atoms with Gasteiger partial charge >= 0.3 is 0 Å². The Morgan fingerprint density at radius 3 is 2.72 bits per heavy atom. The molecule has 1 aromatic carbocycles. The molecule has 0 spiro atoms. The molecule has 1 N–H and O–H groups in total. The first kappa shape index (κ1) is 16.9. The molecule has 0 saturated heterocycles. The number of carbonyl (C=O) groups excluding carboxylic acids is 2. The molecule has 1 atom stereocenters. The number of benzene rings is 1. The van der Waals surface area contributed by atoms with Crippen LogP contribution in [0, 0.1) is 5.82 Å². The first-order valence-corrected chi connectivity index (χ1v) is 7.62. The van der Waals surface area contributed by atoms with Gasteiger partial charge in [0.25, 0.3) is 5.91 Å². The molecule has 6 nitrogen and oxygen atoms in total. The summed E-state index contributed by atoms with van der Waals surface area (Å²) in [5.74, 6) is -2.73. The van der Waals surface area contributed by atoms with Crippen LogP contribution in [0.1, 0.15) is 22.2 Å². The highest BCUT2D eigenvalue weighted by molar-refractivity contribution is 6.15. The van der Waals surface area contributed by atoms with Crippen LogP contribution in [-0.4, -0.2) is 42.0 Å². The minimum Gasteiger partial charge on any atom is -0.503 e. The Kier molecular flexibility index (Phi) is 4.67. The van der Waals surface area contributed by atoms with E-state index < -0.39 is 29.3 Å². The Hall–Kier alpha value is -2.93. The average Bonchev–Trinajstić information content (AvgIpc) is 3.22. The number of ether oxygens (including phenoxy) is 1. The van der Waals surface area contributed by atoms with Crippen molar-refractivity contribution in [1.29, 1.82) is 0 Å². The topological polar surface area (TPSA) is 80.0 Å². The molecule has 3 rings (SSSR count). The lowest BCUT2D eigenvalue weighted by molar-refractivity contribution is -0.130. The predicted molar refractivity (Wildman–Crippen MR) is 85.4 cm³/mol. The van der Waals surface area contributed by atoms with E-state index in [-0.39, 0.29) is 30.0 Å². The fourth-order valence-electron chi connectivity index (χ4n) is 2.87. The molecule has 0 aliphatic carbocycles. The second-order valence-electron chi connectivity index (χ2n) is 5.48. The van der Waals surface area contributed by atoms with Crippen molar-refractivity contribution in [3.63, 3.8) is 0 Å².